The summed E-state index contributed by atoms with van der Waals surface area (Å²) < 4.78 is 0. The Bertz CT molecular complexity index is 328. The van der Waals surface area contributed by atoms with E-state index >= 15 is 0 Å². The second-order valence-corrected chi connectivity index (χ2v) is 6.21. The van der Waals surface area contributed by atoms with Gasteiger partial charge in [-0.2, -0.15) is 0 Å². The van der Waals surface area contributed by atoms with Crippen LogP contribution in [0.15, 0.2) is 35.5 Å². The molecular weight excluding hydrogens is 276 g/mol. The van der Waals surface area contributed by atoms with Crippen LogP contribution in [0.5, 0.6) is 0 Å². The van der Waals surface area contributed by atoms with Gasteiger partial charge < -0.3 is 0 Å². The molecule has 1 unspecified atom stereocenters. The molecule has 0 heteroatoms. The van der Waals surface area contributed by atoms with Gasteiger partial charge in [0.15, 0.2) is 0 Å². The van der Waals surface area contributed by atoms with E-state index in [1.165, 1.54) is 17.6 Å². The molecule has 0 amide bonds. The van der Waals surface area contributed by atoms with Crippen LogP contribution in [0.4, 0.5) is 0 Å². The molecule has 0 nitrogen and oxygen atoms in total. The minimum Gasteiger partial charge on any atom is -0.0880 e. The standard InChI is InChI=1S/C19H34.2C2H6/c1-8-11-14-19(7,10-3)15-17(6)18(9-2)13-12-16(4)5;2*1-2/h11,13-16H,8-10,12H2,1-7H3;2*1-2H3/b14-11-,17-15-,18-13+;;. The normalized spacial score (nSPS) is 14.8. The van der Waals surface area contributed by atoms with Gasteiger partial charge in [-0.3, -0.25) is 0 Å². The summed E-state index contributed by atoms with van der Waals surface area (Å²) in [7, 11) is 0. The van der Waals surface area contributed by atoms with Gasteiger partial charge in [0.2, 0.25) is 0 Å². The van der Waals surface area contributed by atoms with Crippen molar-refractivity contribution in [3.8, 4) is 0 Å². The van der Waals surface area contributed by atoms with Crippen molar-refractivity contribution >= 4 is 0 Å². The predicted octanol–water partition coefficient (Wildman–Crippen LogP) is 8.75. The molecule has 138 valence electrons. The topological polar surface area (TPSA) is 0 Å². The van der Waals surface area contributed by atoms with Gasteiger partial charge in [0.25, 0.3) is 0 Å². The molecular formula is C23H46. The van der Waals surface area contributed by atoms with Gasteiger partial charge in [-0.05, 0) is 44.1 Å². The molecule has 0 aromatic carbocycles. The molecule has 0 fully saturated rings. The summed E-state index contributed by atoms with van der Waals surface area (Å²) in [4.78, 5) is 0. The zero-order chi connectivity index (χ0) is 18.9. The van der Waals surface area contributed by atoms with Crippen molar-refractivity contribution in [2.24, 2.45) is 11.3 Å². The number of hydrogen-bond donors (Lipinski definition) is 0. The van der Waals surface area contributed by atoms with Gasteiger partial charge in [-0.15, -0.1) is 0 Å². The first kappa shape index (κ1) is 27.1. The maximum atomic E-state index is 2.45. The summed E-state index contributed by atoms with van der Waals surface area (Å²) >= 11 is 0. The average Bonchev–Trinajstić information content (AvgIpc) is 2.57. The highest BCUT2D eigenvalue weighted by molar-refractivity contribution is 5.32. The molecule has 0 N–H and O–H groups in total. The summed E-state index contributed by atoms with van der Waals surface area (Å²) in [5.74, 6) is 0.742. The van der Waals surface area contributed by atoms with E-state index in [9.17, 15) is 0 Å². The first-order valence-corrected chi connectivity index (χ1v) is 9.95. The van der Waals surface area contributed by atoms with Crippen LogP contribution in [0.25, 0.3) is 0 Å². The lowest BCUT2D eigenvalue weighted by Gasteiger charge is -2.22. The molecule has 23 heavy (non-hydrogen) atoms. The van der Waals surface area contributed by atoms with E-state index in [0.717, 1.165) is 25.2 Å². The average molecular weight is 323 g/mol. The molecule has 0 aliphatic carbocycles. The second kappa shape index (κ2) is 17.6. The lowest BCUT2D eigenvalue weighted by atomic mass is 9.83. The Hall–Kier alpha value is -0.780. The predicted molar refractivity (Wildman–Crippen MR) is 112 cm³/mol. The zero-order valence-corrected chi connectivity index (χ0v) is 18.2. The molecule has 0 radical (unpaired) electrons. The van der Waals surface area contributed by atoms with Crippen LogP contribution in [0.1, 0.15) is 102 Å². The molecule has 0 aromatic rings. The maximum Gasteiger partial charge on any atom is 0.00358 e. The molecule has 0 saturated heterocycles. The molecule has 0 aliphatic rings. The Kier molecular flexibility index (Phi) is 20.7. The molecule has 0 rings (SSSR count). The Labute approximate surface area is 149 Å². The minimum absolute atomic E-state index is 0.201. The molecule has 0 bridgehead atoms. The van der Waals surface area contributed by atoms with Gasteiger partial charge in [0.05, 0.1) is 0 Å². The van der Waals surface area contributed by atoms with E-state index in [-0.39, 0.29) is 5.41 Å². The monoisotopic (exact) mass is 322 g/mol. The van der Waals surface area contributed by atoms with Crippen LogP contribution in [0, 0.1) is 11.3 Å². The van der Waals surface area contributed by atoms with Crippen LogP contribution in [-0.4, -0.2) is 0 Å². The minimum atomic E-state index is 0.201. The summed E-state index contributed by atoms with van der Waals surface area (Å²) in [6.07, 6.45) is 14.1. The zero-order valence-electron chi connectivity index (χ0n) is 18.2. The van der Waals surface area contributed by atoms with Crippen LogP contribution >= 0.6 is 0 Å². The summed E-state index contributed by atoms with van der Waals surface area (Å²) in [5.41, 5.74) is 3.16. The van der Waals surface area contributed by atoms with Gasteiger partial charge in [0.1, 0.15) is 0 Å². The lowest BCUT2D eigenvalue weighted by molar-refractivity contribution is 0.525. The highest BCUT2D eigenvalue weighted by atomic mass is 14.2. The van der Waals surface area contributed by atoms with Crippen LogP contribution in [0.3, 0.4) is 0 Å². The molecule has 0 aromatic heterocycles. The summed E-state index contributed by atoms with van der Waals surface area (Å²) in [6.45, 7) is 23.9. The Morgan fingerprint density at radius 2 is 1.52 bits per heavy atom. The van der Waals surface area contributed by atoms with Crippen molar-refractivity contribution in [3.05, 3.63) is 35.5 Å². The Balaban J connectivity index is -0.000000919. The van der Waals surface area contributed by atoms with Gasteiger partial charge in [-0.25, -0.2) is 0 Å². The Morgan fingerprint density at radius 3 is 1.87 bits per heavy atom. The SMILES string of the molecule is CC.CC.CC/C=C\C(C)(/C=C(C)\C(=C\CC(C)C)CC)CC. The third-order valence-electron chi connectivity index (χ3n) is 3.77. The molecule has 0 saturated carbocycles. The number of hydrogen-bond acceptors (Lipinski definition) is 0. The van der Waals surface area contributed by atoms with Crippen molar-refractivity contribution in [2.75, 3.05) is 0 Å². The van der Waals surface area contributed by atoms with Crippen molar-refractivity contribution in [1.82, 2.24) is 0 Å². The van der Waals surface area contributed by atoms with E-state index in [2.05, 4.69) is 72.8 Å². The fourth-order valence-corrected chi connectivity index (χ4v) is 2.20. The van der Waals surface area contributed by atoms with Crippen molar-refractivity contribution in [2.45, 2.75) is 102 Å². The van der Waals surface area contributed by atoms with Crippen LogP contribution in [-0.2, 0) is 0 Å². The number of allylic oxidation sites excluding steroid dienone is 6. The van der Waals surface area contributed by atoms with Crippen molar-refractivity contribution in [1.29, 1.82) is 0 Å². The molecule has 0 spiro atoms. The van der Waals surface area contributed by atoms with Gasteiger partial charge in [-0.1, -0.05) is 99.1 Å². The highest BCUT2D eigenvalue weighted by Crippen LogP contribution is 2.29. The van der Waals surface area contributed by atoms with E-state index in [1.807, 2.05) is 27.7 Å². The van der Waals surface area contributed by atoms with Crippen molar-refractivity contribution < 1.29 is 0 Å². The van der Waals surface area contributed by atoms with Gasteiger partial charge >= 0.3 is 0 Å². The smallest absolute Gasteiger partial charge is 0.00358 e. The van der Waals surface area contributed by atoms with Crippen LogP contribution < -0.4 is 0 Å². The van der Waals surface area contributed by atoms with Gasteiger partial charge in [0, 0.05) is 5.41 Å². The molecule has 0 aliphatic heterocycles. The lowest BCUT2D eigenvalue weighted by Crippen LogP contribution is -2.09. The quantitative estimate of drug-likeness (QED) is 0.309. The maximum absolute atomic E-state index is 2.45. The summed E-state index contributed by atoms with van der Waals surface area (Å²) in [6, 6.07) is 0. The van der Waals surface area contributed by atoms with E-state index in [1.54, 1.807) is 0 Å². The first-order valence-electron chi connectivity index (χ1n) is 9.95. The molecule has 1 atom stereocenters. The fraction of sp³-hybridized carbons (Fsp3) is 0.739. The van der Waals surface area contributed by atoms with E-state index in [4.69, 9.17) is 0 Å². The Morgan fingerprint density at radius 1 is 1.00 bits per heavy atom. The van der Waals surface area contributed by atoms with E-state index in [0.29, 0.717) is 0 Å². The van der Waals surface area contributed by atoms with Crippen LogP contribution in [0.2, 0.25) is 0 Å². The van der Waals surface area contributed by atoms with Crippen molar-refractivity contribution in [3.63, 3.8) is 0 Å². The third kappa shape index (κ3) is 14.5. The number of rotatable bonds is 8. The van der Waals surface area contributed by atoms with E-state index < -0.39 is 0 Å². The highest BCUT2D eigenvalue weighted by Gasteiger charge is 2.15. The third-order valence-corrected chi connectivity index (χ3v) is 3.77. The molecule has 0 heterocycles. The second-order valence-electron chi connectivity index (χ2n) is 6.21. The fourth-order valence-electron chi connectivity index (χ4n) is 2.20. The summed E-state index contributed by atoms with van der Waals surface area (Å²) in [5, 5.41) is 0. The first-order chi connectivity index (χ1) is 10.9. The largest absolute Gasteiger partial charge is 0.0880 e.